The normalized spacial score (nSPS) is 11.4. The van der Waals surface area contributed by atoms with Gasteiger partial charge in [-0.15, -0.1) is 0 Å². The second-order valence-electron chi connectivity index (χ2n) is 3.87. The monoisotopic (exact) mass is 210 g/mol. The predicted octanol–water partition coefficient (Wildman–Crippen LogP) is 1.29. The summed E-state index contributed by atoms with van der Waals surface area (Å²) >= 11 is 0. The smallest absolute Gasteiger partial charge is 0.152 e. The lowest BCUT2D eigenvalue weighted by Crippen LogP contribution is -2.33. The van der Waals surface area contributed by atoms with E-state index < -0.39 is 0 Å². The highest BCUT2D eigenvalue weighted by atomic mass is 16.5. The Kier molecular flexibility index (Phi) is 3.85. The van der Waals surface area contributed by atoms with Crippen molar-refractivity contribution in [1.29, 1.82) is 0 Å². The Morgan fingerprint density at radius 2 is 2.27 bits per heavy atom. The van der Waals surface area contributed by atoms with E-state index >= 15 is 0 Å². The molecule has 0 amide bonds. The quantitative estimate of drug-likeness (QED) is 0.766. The van der Waals surface area contributed by atoms with Crippen molar-refractivity contribution in [3.05, 3.63) is 12.5 Å². The Labute approximate surface area is 90.1 Å². The Balaban J connectivity index is 2.53. The molecule has 1 rings (SSSR count). The topological polar surface area (TPSA) is 73.1 Å². The van der Waals surface area contributed by atoms with Gasteiger partial charge in [0.15, 0.2) is 5.82 Å². The van der Waals surface area contributed by atoms with E-state index in [2.05, 4.69) is 15.3 Å². The minimum absolute atomic E-state index is 0.230. The van der Waals surface area contributed by atoms with Gasteiger partial charge in [0.1, 0.15) is 6.33 Å². The number of nitrogens with two attached hydrogens (primary N) is 1. The molecule has 0 unspecified atom stereocenters. The van der Waals surface area contributed by atoms with E-state index in [1.165, 1.54) is 6.33 Å². The number of rotatable bonds is 5. The van der Waals surface area contributed by atoms with Crippen molar-refractivity contribution in [1.82, 2.24) is 9.97 Å². The summed E-state index contributed by atoms with van der Waals surface area (Å²) in [5.41, 5.74) is 6.01. The van der Waals surface area contributed by atoms with E-state index in [4.69, 9.17) is 10.5 Å². The standard InChI is InChI=1S/C10H18N4O/c1-4-15-10(2,3)6-13-9-8(11)5-12-7-14-9/h5,7H,4,6,11H2,1-3H3,(H,12,13,14). The molecule has 1 heterocycles. The molecule has 5 nitrogen and oxygen atoms in total. The fourth-order valence-corrected chi connectivity index (χ4v) is 1.23. The number of ether oxygens (including phenoxy) is 1. The second kappa shape index (κ2) is 4.93. The zero-order valence-electron chi connectivity index (χ0n) is 9.45. The van der Waals surface area contributed by atoms with E-state index in [9.17, 15) is 0 Å². The molecule has 0 fully saturated rings. The summed E-state index contributed by atoms with van der Waals surface area (Å²) in [5.74, 6) is 0.651. The highest BCUT2D eigenvalue weighted by molar-refractivity contribution is 5.58. The third kappa shape index (κ3) is 3.71. The number of hydrogen-bond acceptors (Lipinski definition) is 5. The van der Waals surface area contributed by atoms with Crippen LogP contribution in [0, 0.1) is 0 Å². The molecule has 15 heavy (non-hydrogen) atoms. The van der Waals surface area contributed by atoms with E-state index in [-0.39, 0.29) is 5.60 Å². The first-order valence-electron chi connectivity index (χ1n) is 4.98. The molecule has 84 valence electrons. The zero-order valence-corrected chi connectivity index (χ0v) is 9.45. The molecule has 0 spiro atoms. The SMILES string of the molecule is CCOC(C)(C)CNc1ncncc1N. The molecule has 5 heteroatoms. The van der Waals surface area contributed by atoms with E-state index in [1.54, 1.807) is 6.20 Å². The summed E-state index contributed by atoms with van der Waals surface area (Å²) in [6.07, 6.45) is 3.04. The van der Waals surface area contributed by atoms with Gasteiger partial charge in [0.2, 0.25) is 0 Å². The minimum atomic E-state index is -0.230. The van der Waals surface area contributed by atoms with Gasteiger partial charge in [0.05, 0.1) is 17.5 Å². The lowest BCUT2D eigenvalue weighted by atomic mass is 10.1. The molecular formula is C10H18N4O. The van der Waals surface area contributed by atoms with Crippen LogP contribution in [-0.4, -0.2) is 28.7 Å². The fourth-order valence-electron chi connectivity index (χ4n) is 1.23. The third-order valence-electron chi connectivity index (χ3n) is 1.96. The van der Waals surface area contributed by atoms with Crippen molar-refractivity contribution in [2.45, 2.75) is 26.4 Å². The van der Waals surface area contributed by atoms with Crippen molar-refractivity contribution >= 4 is 11.5 Å². The molecular weight excluding hydrogens is 192 g/mol. The van der Waals surface area contributed by atoms with Crippen molar-refractivity contribution in [3.63, 3.8) is 0 Å². The number of aromatic nitrogens is 2. The van der Waals surface area contributed by atoms with Crippen molar-refractivity contribution in [2.75, 3.05) is 24.2 Å². The summed E-state index contributed by atoms with van der Waals surface area (Å²) < 4.78 is 5.54. The molecule has 0 aromatic carbocycles. The molecule has 0 atom stereocenters. The van der Waals surface area contributed by atoms with Gasteiger partial charge in [-0.05, 0) is 20.8 Å². The first-order chi connectivity index (χ1) is 7.05. The van der Waals surface area contributed by atoms with Crippen LogP contribution in [0.25, 0.3) is 0 Å². The highest BCUT2D eigenvalue weighted by Gasteiger charge is 2.17. The van der Waals surface area contributed by atoms with Gasteiger partial charge < -0.3 is 15.8 Å². The maximum atomic E-state index is 5.70. The lowest BCUT2D eigenvalue weighted by molar-refractivity contribution is 0.000654. The summed E-state index contributed by atoms with van der Waals surface area (Å²) in [5, 5.41) is 3.14. The lowest BCUT2D eigenvalue weighted by Gasteiger charge is -2.25. The van der Waals surface area contributed by atoms with Crippen LogP contribution in [0.15, 0.2) is 12.5 Å². The molecule has 0 radical (unpaired) electrons. The summed E-state index contributed by atoms with van der Waals surface area (Å²) in [6, 6.07) is 0. The summed E-state index contributed by atoms with van der Waals surface area (Å²) in [7, 11) is 0. The van der Waals surface area contributed by atoms with Crippen LogP contribution < -0.4 is 11.1 Å². The van der Waals surface area contributed by atoms with Crippen molar-refractivity contribution < 1.29 is 4.74 Å². The van der Waals surface area contributed by atoms with Crippen molar-refractivity contribution in [2.24, 2.45) is 0 Å². The van der Waals surface area contributed by atoms with E-state index in [1.807, 2.05) is 20.8 Å². The van der Waals surface area contributed by atoms with E-state index in [0.717, 1.165) is 0 Å². The number of anilines is 2. The van der Waals surface area contributed by atoms with Crippen LogP contribution in [0.1, 0.15) is 20.8 Å². The maximum absolute atomic E-state index is 5.70. The molecule has 0 aliphatic rings. The molecule has 3 N–H and O–H groups in total. The molecule has 1 aromatic rings. The number of nitrogens with one attached hydrogen (secondary N) is 1. The minimum Gasteiger partial charge on any atom is -0.394 e. The second-order valence-corrected chi connectivity index (χ2v) is 3.87. The third-order valence-corrected chi connectivity index (χ3v) is 1.96. The number of nitrogen functional groups attached to an aromatic ring is 1. The molecule has 0 saturated carbocycles. The van der Waals surface area contributed by atoms with Crippen LogP contribution in [0.4, 0.5) is 11.5 Å². The van der Waals surface area contributed by atoms with Crippen LogP contribution in [0.5, 0.6) is 0 Å². The zero-order chi connectivity index (χ0) is 11.3. The van der Waals surface area contributed by atoms with Crippen LogP contribution in [-0.2, 0) is 4.74 Å². The van der Waals surface area contributed by atoms with Gasteiger partial charge in [0.25, 0.3) is 0 Å². The van der Waals surface area contributed by atoms with Gasteiger partial charge in [-0.1, -0.05) is 0 Å². The average Bonchev–Trinajstić information content (AvgIpc) is 2.16. The first kappa shape index (κ1) is 11.7. The van der Waals surface area contributed by atoms with Crippen LogP contribution in [0.3, 0.4) is 0 Å². The average molecular weight is 210 g/mol. The molecule has 0 aliphatic heterocycles. The van der Waals surface area contributed by atoms with Gasteiger partial charge in [0, 0.05) is 13.2 Å². The van der Waals surface area contributed by atoms with Gasteiger partial charge in [-0.3, -0.25) is 0 Å². The van der Waals surface area contributed by atoms with Gasteiger partial charge in [-0.2, -0.15) is 0 Å². The molecule has 0 aliphatic carbocycles. The summed E-state index contributed by atoms with van der Waals surface area (Å²) in [6.45, 7) is 7.35. The molecule has 0 saturated heterocycles. The number of hydrogen-bond donors (Lipinski definition) is 2. The Hall–Kier alpha value is -1.36. The highest BCUT2D eigenvalue weighted by Crippen LogP contribution is 2.15. The number of nitrogens with zero attached hydrogens (tertiary/aromatic N) is 2. The van der Waals surface area contributed by atoms with Crippen LogP contribution >= 0.6 is 0 Å². The van der Waals surface area contributed by atoms with Gasteiger partial charge >= 0.3 is 0 Å². The Bertz CT molecular complexity index is 314. The Morgan fingerprint density at radius 3 is 2.87 bits per heavy atom. The van der Waals surface area contributed by atoms with E-state index in [0.29, 0.717) is 24.7 Å². The maximum Gasteiger partial charge on any atom is 0.152 e. The largest absolute Gasteiger partial charge is 0.394 e. The predicted molar refractivity (Wildman–Crippen MR) is 60.6 cm³/mol. The Morgan fingerprint density at radius 1 is 1.53 bits per heavy atom. The first-order valence-corrected chi connectivity index (χ1v) is 4.98. The molecule has 0 bridgehead atoms. The fraction of sp³-hybridized carbons (Fsp3) is 0.600. The van der Waals surface area contributed by atoms with Gasteiger partial charge in [-0.25, -0.2) is 9.97 Å². The van der Waals surface area contributed by atoms with Crippen LogP contribution in [0.2, 0.25) is 0 Å². The van der Waals surface area contributed by atoms with Crippen molar-refractivity contribution in [3.8, 4) is 0 Å². The molecule has 1 aromatic heterocycles. The summed E-state index contributed by atoms with van der Waals surface area (Å²) in [4.78, 5) is 7.86.